The maximum atomic E-state index is 12.4. The van der Waals surface area contributed by atoms with Gasteiger partial charge < -0.3 is 14.5 Å². The Morgan fingerprint density at radius 3 is 2.58 bits per heavy atom. The Labute approximate surface area is 144 Å². The van der Waals surface area contributed by atoms with Crippen LogP contribution in [0.15, 0.2) is 18.3 Å². The first-order chi connectivity index (χ1) is 11.8. The predicted molar refractivity (Wildman–Crippen MR) is 94.5 cm³/mol. The van der Waals surface area contributed by atoms with Crippen LogP contribution in [-0.4, -0.2) is 79.7 Å². The second-order valence-electron chi connectivity index (χ2n) is 6.44. The summed E-state index contributed by atoms with van der Waals surface area (Å²) in [6.07, 6.45) is 3.96. The fourth-order valence-electron chi connectivity index (χ4n) is 3.32. The van der Waals surface area contributed by atoms with Crippen LogP contribution >= 0.6 is 0 Å². The molecule has 6 heteroatoms. The van der Waals surface area contributed by atoms with E-state index in [1.54, 1.807) is 6.20 Å². The Morgan fingerprint density at radius 2 is 1.96 bits per heavy atom. The van der Waals surface area contributed by atoms with Crippen LogP contribution in [0, 0.1) is 0 Å². The van der Waals surface area contributed by atoms with Gasteiger partial charge in [0, 0.05) is 52.0 Å². The third-order valence-electron chi connectivity index (χ3n) is 4.88. The molecule has 1 aromatic heterocycles. The highest BCUT2D eigenvalue weighted by Crippen LogP contribution is 2.15. The van der Waals surface area contributed by atoms with Crippen LogP contribution in [0.5, 0.6) is 0 Å². The lowest BCUT2D eigenvalue weighted by Gasteiger charge is -2.30. The van der Waals surface area contributed by atoms with Crippen molar-refractivity contribution in [2.45, 2.75) is 19.8 Å². The number of hydrogen-bond acceptors (Lipinski definition) is 5. The molecule has 2 aliphatic rings. The molecular weight excluding hydrogens is 304 g/mol. The molecule has 2 aliphatic heterocycles. The van der Waals surface area contributed by atoms with Gasteiger partial charge in [-0.15, -0.1) is 0 Å². The standard InChI is InChI=1S/C18H28N4O2/c1-2-21(10-9-20-11-13-24-14-12-20)17-6-5-16(15-19-17)18(23)22-7-3-4-8-22/h5-6,15H,2-4,7-14H2,1H3. The van der Waals surface area contributed by atoms with Gasteiger partial charge in [-0.2, -0.15) is 0 Å². The Kier molecular flexibility index (Phi) is 6.04. The van der Waals surface area contributed by atoms with E-state index in [9.17, 15) is 4.79 Å². The molecule has 0 spiro atoms. The van der Waals surface area contributed by atoms with E-state index in [1.165, 1.54) is 0 Å². The van der Waals surface area contributed by atoms with Gasteiger partial charge in [0.1, 0.15) is 5.82 Å². The molecule has 0 saturated carbocycles. The average Bonchev–Trinajstić information content (AvgIpc) is 3.18. The zero-order chi connectivity index (χ0) is 16.8. The van der Waals surface area contributed by atoms with Gasteiger partial charge in [-0.25, -0.2) is 4.98 Å². The lowest BCUT2D eigenvalue weighted by Crippen LogP contribution is -2.41. The normalized spacial score (nSPS) is 18.8. The van der Waals surface area contributed by atoms with E-state index in [1.807, 2.05) is 17.0 Å². The summed E-state index contributed by atoms with van der Waals surface area (Å²) >= 11 is 0. The molecule has 3 rings (SSSR count). The highest BCUT2D eigenvalue weighted by atomic mass is 16.5. The number of nitrogens with zero attached hydrogens (tertiary/aromatic N) is 4. The van der Waals surface area contributed by atoms with Crippen LogP contribution in [-0.2, 0) is 4.74 Å². The van der Waals surface area contributed by atoms with Crippen molar-refractivity contribution < 1.29 is 9.53 Å². The molecule has 3 heterocycles. The van der Waals surface area contributed by atoms with E-state index in [-0.39, 0.29) is 5.91 Å². The number of pyridine rings is 1. The van der Waals surface area contributed by atoms with Crippen molar-refractivity contribution >= 4 is 11.7 Å². The van der Waals surface area contributed by atoms with Crippen LogP contribution in [0.4, 0.5) is 5.82 Å². The van der Waals surface area contributed by atoms with Crippen LogP contribution < -0.4 is 4.90 Å². The Bertz CT molecular complexity index is 522. The molecule has 2 fully saturated rings. The summed E-state index contributed by atoms with van der Waals surface area (Å²) in [5, 5.41) is 0. The summed E-state index contributed by atoms with van der Waals surface area (Å²) in [7, 11) is 0. The number of carbonyl (C=O) groups excluding carboxylic acids is 1. The minimum Gasteiger partial charge on any atom is -0.379 e. The van der Waals surface area contributed by atoms with Crippen molar-refractivity contribution in [3.63, 3.8) is 0 Å². The lowest BCUT2D eigenvalue weighted by atomic mass is 10.2. The smallest absolute Gasteiger partial charge is 0.255 e. The van der Waals surface area contributed by atoms with Crippen LogP contribution in [0.2, 0.25) is 0 Å². The third-order valence-corrected chi connectivity index (χ3v) is 4.88. The van der Waals surface area contributed by atoms with Gasteiger partial charge in [-0.1, -0.05) is 0 Å². The number of hydrogen-bond donors (Lipinski definition) is 0. The number of anilines is 1. The number of likely N-dealkylation sites (N-methyl/N-ethyl adjacent to an activating group) is 1. The quantitative estimate of drug-likeness (QED) is 0.790. The number of amides is 1. The van der Waals surface area contributed by atoms with Gasteiger partial charge in [-0.3, -0.25) is 9.69 Å². The highest BCUT2D eigenvalue weighted by Gasteiger charge is 2.20. The Balaban J connectivity index is 1.56. The summed E-state index contributed by atoms with van der Waals surface area (Å²) in [5.74, 6) is 1.06. The molecule has 1 aromatic rings. The van der Waals surface area contributed by atoms with E-state index in [4.69, 9.17) is 4.74 Å². The molecule has 132 valence electrons. The number of ether oxygens (including phenoxy) is 1. The van der Waals surface area contributed by atoms with Crippen LogP contribution in [0.25, 0.3) is 0 Å². The van der Waals surface area contributed by atoms with Crippen molar-refractivity contribution in [1.82, 2.24) is 14.8 Å². The molecule has 0 aliphatic carbocycles. The van der Waals surface area contributed by atoms with Crippen LogP contribution in [0.1, 0.15) is 30.1 Å². The second kappa shape index (κ2) is 8.44. The van der Waals surface area contributed by atoms with E-state index in [0.29, 0.717) is 5.56 Å². The number of likely N-dealkylation sites (tertiary alicyclic amines) is 1. The maximum Gasteiger partial charge on any atom is 0.255 e. The van der Waals surface area contributed by atoms with E-state index in [0.717, 1.165) is 77.7 Å². The van der Waals surface area contributed by atoms with Crippen LogP contribution in [0.3, 0.4) is 0 Å². The summed E-state index contributed by atoms with van der Waals surface area (Å²) < 4.78 is 5.39. The summed E-state index contributed by atoms with van der Waals surface area (Å²) in [4.78, 5) is 23.5. The number of carbonyl (C=O) groups is 1. The molecule has 0 N–H and O–H groups in total. The van der Waals surface area contributed by atoms with Gasteiger partial charge in [0.15, 0.2) is 0 Å². The first-order valence-electron chi connectivity index (χ1n) is 9.08. The minimum atomic E-state index is 0.114. The zero-order valence-corrected chi connectivity index (χ0v) is 14.6. The molecule has 0 atom stereocenters. The van der Waals surface area contributed by atoms with Crippen molar-refractivity contribution in [1.29, 1.82) is 0 Å². The Morgan fingerprint density at radius 1 is 1.21 bits per heavy atom. The topological polar surface area (TPSA) is 48.9 Å². The van der Waals surface area contributed by atoms with E-state index >= 15 is 0 Å². The highest BCUT2D eigenvalue weighted by molar-refractivity contribution is 5.94. The molecule has 24 heavy (non-hydrogen) atoms. The minimum absolute atomic E-state index is 0.114. The number of aromatic nitrogens is 1. The SMILES string of the molecule is CCN(CCN1CCOCC1)c1ccc(C(=O)N2CCCC2)cn1. The van der Waals surface area contributed by atoms with E-state index < -0.39 is 0 Å². The number of morpholine rings is 1. The van der Waals surface area contributed by atoms with Crippen molar-refractivity contribution in [2.75, 3.05) is 63.9 Å². The predicted octanol–water partition coefficient (Wildman–Crippen LogP) is 1.48. The van der Waals surface area contributed by atoms with E-state index in [2.05, 4.69) is 21.7 Å². The molecule has 0 radical (unpaired) electrons. The first-order valence-corrected chi connectivity index (χ1v) is 9.08. The van der Waals surface area contributed by atoms with Gasteiger partial charge in [-0.05, 0) is 31.9 Å². The monoisotopic (exact) mass is 332 g/mol. The zero-order valence-electron chi connectivity index (χ0n) is 14.6. The third kappa shape index (κ3) is 4.24. The fourth-order valence-corrected chi connectivity index (χ4v) is 3.32. The first kappa shape index (κ1) is 17.2. The summed E-state index contributed by atoms with van der Waals surface area (Å²) in [6, 6.07) is 3.90. The molecule has 0 bridgehead atoms. The van der Waals surface area contributed by atoms with Crippen molar-refractivity contribution in [3.05, 3.63) is 23.9 Å². The van der Waals surface area contributed by atoms with Gasteiger partial charge in [0.05, 0.1) is 18.8 Å². The summed E-state index contributed by atoms with van der Waals surface area (Å²) in [5.41, 5.74) is 0.699. The number of rotatable bonds is 6. The van der Waals surface area contributed by atoms with Crippen molar-refractivity contribution in [3.8, 4) is 0 Å². The molecule has 1 amide bonds. The molecule has 2 saturated heterocycles. The van der Waals surface area contributed by atoms with Gasteiger partial charge >= 0.3 is 0 Å². The van der Waals surface area contributed by atoms with Crippen molar-refractivity contribution in [2.24, 2.45) is 0 Å². The fraction of sp³-hybridized carbons (Fsp3) is 0.667. The van der Waals surface area contributed by atoms with Gasteiger partial charge in [0.25, 0.3) is 5.91 Å². The largest absolute Gasteiger partial charge is 0.379 e. The van der Waals surface area contributed by atoms with Gasteiger partial charge in [0.2, 0.25) is 0 Å². The maximum absolute atomic E-state index is 12.4. The average molecular weight is 332 g/mol. The summed E-state index contributed by atoms with van der Waals surface area (Å²) in [6.45, 7) is 10.5. The molecule has 0 aromatic carbocycles. The molecule has 0 unspecified atom stereocenters. The second-order valence-corrected chi connectivity index (χ2v) is 6.44. The Hall–Kier alpha value is -1.66. The molecule has 6 nitrogen and oxygen atoms in total. The molecular formula is C18H28N4O2. The lowest BCUT2D eigenvalue weighted by molar-refractivity contribution is 0.0392.